The Morgan fingerprint density at radius 3 is 2.91 bits per heavy atom. The second-order valence-electron chi connectivity index (χ2n) is 7.78. The fourth-order valence-electron chi connectivity index (χ4n) is 3.89. The molecule has 7 nitrogen and oxygen atoms in total. The molecule has 0 fully saturated rings. The van der Waals surface area contributed by atoms with E-state index in [0.717, 1.165) is 40.8 Å². The quantitative estimate of drug-likeness (QED) is 0.499. The maximum atomic E-state index is 11.2. The maximum Gasteiger partial charge on any atom is 0.335 e. The normalized spacial score (nSPS) is 16.0. The summed E-state index contributed by atoms with van der Waals surface area (Å²) in [7, 11) is 1.54. The lowest BCUT2D eigenvalue weighted by atomic mass is 9.96. The molecule has 0 saturated heterocycles. The molecule has 166 valence electrons. The lowest BCUT2D eigenvalue weighted by Crippen LogP contribution is -2.36. The third-order valence-corrected chi connectivity index (χ3v) is 5.63. The van der Waals surface area contributed by atoms with Crippen LogP contribution in [0.15, 0.2) is 60.9 Å². The number of aromatic carboxylic acids is 1. The van der Waals surface area contributed by atoms with Crippen molar-refractivity contribution in [1.29, 1.82) is 0 Å². The van der Waals surface area contributed by atoms with Crippen LogP contribution in [-0.2, 0) is 6.42 Å². The topological polar surface area (TPSA) is 101 Å². The zero-order valence-corrected chi connectivity index (χ0v) is 17.8. The summed E-state index contributed by atoms with van der Waals surface area (Å²) in [5.41, 5.74) is 3.88. The maximum absolute atomic E-state index is 11.2. The first-order valence-corrected chi connectivity index (χ1v) is 10.5. The van der Waals surface area contributed by atoms with Crippen molar-refractivity contribution in [2.75, 3.05) is 20.2 Å². The molecule has 2 heterocycles. The molecule has 0 radical (unpaired) electrons. The van der Waals surface area contributed by atoms with Gasteiger partial charge in [0.2, 0.25) is 0 Å². The molecule has 3 aromatic rings. The van der Waals surface area contributed by atoms with Crippen LogP contribution in [0.25, 0.3) is 11.1 Å². The summed E-state index contributed by atoms with van der Waals surface area (Å²) in [6.07, 6.45) is 4.51. The van der Waals surface area contributed by atoms with Gasteiger partial charge in [-0.15, -0.1) is 0 Å². The minimum absolute atomic E-state index is 0.0267. The van der Waals surface area contributed by atoms with E-state index in [2.05, 4.69) is 16.4 Å². The van der Waals surface area contributed by atoms with Crippen molar-refractivity contribution in [1.82, 2.24) is 10.3 Å². The number of carbonyl (C=O) groups is 1. The number of nitrogens with zero attached hydrogens (tertiary/aromatic N) is 1. The standard InChI is InChI=1S/C25H26N2O5/c1-31-24-12-18(25(29)30)5-8-21(24)16-6-9-23-17(11-16)4-7-20(32-23)14-27-15-22(28)19-3-2-10-26-13-19/h2-3,5-6,8-13,20,22,27-28H,4,7,14-15H2,1H3,(H,29,30)/t20-,22-/m1/s1. The smallest absolute Gasteiger partial charge is 0.335 e. The van der Waals surface area contributed by atoms with E-state index in [-0.39, 0.29) is 11.7 Å². The highest BCUT2D eigenvalue weighted by Gasteiger charge is 2.21. The molecule has 1 aromatic heterocycles. The first-order valence-electron chi connectivity index (χ1n) is 10.5. The monoisotopic (exact) mass is 434 g/mol. The van der Waals surface area contributed by atoms with Crippen LogP contribution in [0.2, 0.25) is 0 Å². The Hall–Kier alpha value is -3.42. The summed E-state index contributed by atoms with van der Waals surface area (Å²) >= 11 is 0. The third-order valence-electron chi connectivity index (χ3n) is 5.63. The first-order chi connectivity index (χ1) is 15.5. The van der Waals surface area contributed by atoms with E-state index in [9.17, 15) is 15.0 Å². The summed E-state index contributed by atoms with van der Waals surface area (Å²) in [4.78, 5) is 15.3. The Kier molecular flexibility index (Phi) is 6.68. The van der Waals surface area contributed by atoms with Crippen LogP contribution in [0.5, 0.6) is 11.5 Å². The van der Waals surface area contributed by atoms with Gasteiger partial charge in [-0.25, -0.2) is 4.79 Å². The number of rotatable bonds is 8. The van der Waals surface area contributed by atoms with Gasteiger partial charge >= 0.3 is 5.97 Å². The number of aliphatic hydroxyl groups is 1. The molecular formula is C25H26N2O5. The van der Waals surface area contributed by atoms with E-state index in [1.54, 1.807) is 24.5 Å². The molecule has 0 saturated carbocycles. The molecule has 0 aliphatic carbocycles. The molecule has 4 rings (SSSR count). The molecule has 1 aliphatic heterocycles. The molecule has 32 heavy (non-hydrogen) atoms. The van der Waals surface area contributed by atoms with Crippen molar-refractivity contribution in [2.24, 2.45) is 0 Å². The molecule has 1 aliphatic rings. The number of ether oxygens (including phenoxy) is 2. The zero-order valence-electron chi connectivity index (χ0n) is 17.8. The van der Waals surface area contributed by atoms with Crippen LogP contribution in [0.3, 0.4) is 0 Å². The number of aromatic nitrogens is 1. The van der Waals surface area contributed by atoms with E-state index in [1.807, 2.05) is 24.3 Å². The summed E-state index contributed by atoms with van der Waals surface area (Å²) in [5, 5.41) is 22.7. The number of pyridine rings is 1. The van der Waals surface area contributed by atoms with Gasteiger partial charge in [-0.3, -0.25) is 4.98 Å². The molecule has 0 amide bonds. The summed E-state index contributed by atoms with van der Waals surface area (Å²) in [6, 6.07) is 14.5. The number of carboxylic acids is 1. The first kappa shape index (κ1) is 21.8. The predicted molar refractivity (Wildman–Crippen MR) is 120 cm³/mol. The fraction of sp³-hybridized carbons (Fsp3) is 0.280. The minimum atomic E-state index is -0.985. The number of methoxy groups -OCH3 is 1. The molecule has 0 bridgehead atoms. The van der Waals surface area contributed by atoms with Crippen LogP contribution < -0.4 is 14.8 Å². The summed E-state index contributed by atoms with van der Waals surface area (Å²) in [5.74, 6) is 0.387. The van der Waals surface area contributed by atoms with Crippen molar-refractivity contribution in [3.05, 3.63) is 77.6 Å². The Labute approximate surface area is 186 Å². The minimum Gasteiger partial charge on any atom is -0.496 e. The molecule has 0 spiro atoms. The zero-order chi connectivity index (χ0) is 22.5. The number of fused-ring (bicyclic) bond motifs is 1. The van der Waals surface area contributed by atoms with Gasteiger partial charge in [-0.1, -0.05) is 12.1 Å². The van der Waals surface area contributed by atoms with Crippen molar-refractivity contribution in [3.8, 4) is 22.6 Å². The van der Waals surface area contributed by atoms with Gasteiger partial charge in [-0.05, 0) is 60.4 Å². The van der Waals surface area contributed by atoms with E-state index in [0.29, 0.717) is 18.8 Å². The van der Waals surface area contributed by atoms with Crippen molar-refractivity contribution >= 4 is 5.97 Å². The van der Waals surface area contributed by atoms with Crippen LogP contribution >= 0.6 is 0 Å². The van der Waals surface area contributed by atoms with E-state index < -0.39 is 12.1 Å². The van der Waals surface area contributed by atoms with Crippen LogP contribution in [0.4, 0.5) is 0 Å². The van der Waals surface area contributed by atoms with E-state index >= 15 is 0 Å². The highest BCUT2D eigenvalue weighted by molar-refractivity contribution is 5.89. The number of aryl methyl sites for hydroxylation is 1. The van der Waals surface area contributed by atoms with Gasteiger partial charge in [0.05, 0.1) is 18.8 Å². The van der Waals surface area contributed by atoms with Crippen LogP contribution in [0.1, 0.15) is 34.0 Å². The fourth-order valence-corrected chi connectivity index (χ4v) is 3.89. The Balaban J connectivity index is 1.39. The molecular weight excluding hydrogens is 408 g/mol. The molecule has 2 atom stereocenters. The van der Waals surface area contributed by atoms with Gasteiger partial charge in [0.25, 0.3) is 0 Å². The Morgan fingerprint density at radius 2 is 2.16 bits per heavy atom. The molecule has 0 unspecified atom stereocenters. The highest BCUT2D eigenvalue weighted by atomic mass is 16.5. The Morgan fingerprint density at radius 1 is 1.28 bits per heavy atom. The van der Waals surface area contributed by atoms with Crippen molar-refractivity contribution in [2.45, 2.75) is 25.0 Å². The lowest BCUT2D eigenvalue weighted by Gasteiger charge is -2.27. The largest absolute Gasteiger partial charge is 0.496 e. The van der Waals surface area contributed by atoms with Crippen LogP contribution in [-0.4, -0.2) is 47.5 Å². The number of benzene rings is 2. The van der Waals surface area contributed by atoms with Crippen molar-refractivity contribution < 1.29 is 24.5 Å². The van der Waals surface area contributed by atoms with Crippen LogP contribution in [0, 0.1) is 0 Å². The SMILES string of the molecule is COc1cc(C(=O)O)ccc1-c1ccc2c(c1)CC[C@H](CNC[C@@H](O)c1cccnc1)O2. The van der Waals surface area contributed by atoms with Gasteiger partial charge < -0.3 is 25.0 Å². The highest BCUT2D eigenvalue weighted by Crippen LogP contribution is 2.36. The number of nitrogens with one attached hydrogen (secondary N) is 1. The second kappa shape index (κ2) is 9.80. The molecule has 3 N–H and O–H groups in total. The predicted octanol–water partition coefficient (Wildman–Crippen LogP) is 3.47. The molecule has 2 aromatic carbocycles. The third kappa shape index (κ3) is 4.90. The average molecular weight is 434 g/mol. The van der Waals surface area contributed by atoms with Gasteiger partial charge in [-0.2, -0.15) is 0 Å². The van der Waals surface area contributed by atoms with Gasteiger partial charge in [0, 0.05) is 36.6 Å². The number of hydrogen-bond donors (Lipinski definition) is 3. The molecule has 7 heteroatoms. The summed E-state index contributed by atoms with van der Waals surface area (Å²) in [6.45, 7) is 1.08. The number of carboxylic acid groups (broad SMARTS) is 1. The van der Waals surface area contributed by atoms with Gasteiger partial charge in [0.15, 0.2) is 0 Å². The number of aliphatic hydroxyl groups excluding tert-OH is 1. The van der Waals surface area contributed by atoms with E-state index in [1.165, 1.54) is 13.2 Å². The van der Waals surface area contributed by atoms with Crippen molar-refractivity contribution in [3.63, 3.8) is 0 Å². The number of hydrogen-bond acceptors (Lipinski definition) is 6. The summed E-state index contributed by atoms with van der Waals surface area (Å²) < 4.78 is 11.6. The van der Waals surface area contributed by atoms with E-state index in [4.69, 9.17) is 9.47 Å². The Bertz CT molecular complexity index is 1090. The second-order valence-corrected chi connectivity index (χ2v) is 7.78. The lowest BCUT2D eigenvalue weighted by molar-refractivity contribution is 0.0696. The average Bonchev–Trinajstić information content (AvgIpc) is 2.83. The van der Waals surface area contributed by atoms with Gasteiger partial charge in [0.1, 0.15) is 17.6 Å².